The monoisotopic (exact) mass is 282 g/mol. The zero-order valence-corrected chi connectivity index (χ0v) is 12.6. The van der Waals surface area contributed by atoms with Crippen LogP contribution in [0.5, 0.6) is 0 Å². The lowest BCUT2D eigenvalue weighted by atomic mass is 10.0. The minimum atomic E-state index is -0.798. The highest BCUT2D eigenvalue weighted by atomic mass is 19.1. The normalized spacial score (nSPS) is 13.7. The van der Waals surface area contributed by atoms with Gasteiger partial charge in [0.25, 0.3) is 0 Å². The van der Waals surface area contributed by atoms with E-state index in [1.807, 2.05) is 25.8 Å². The van der Waals surface area contributed by atoms with Crippen molar-refractivity contribution in [2.45, 2.75) is 25.8 Å². The van der Waals surface area contributed by atoms with Crippen molar-refractivity contribution in [2.75, 3.05) is 32.1 Å². The van der Waals surface area contributed by atoms with E-state index < -0.39 is 5.54 Å². The summed E-state index contributed by atoms with van der Waals surface area (Å²) in [6.07, 6.45) is 0.923. The van der Waals surface area contributed by atoms with Crippen molar-refractivity contribution in [1.29, 1.82) is 0 Å². The third-order valence-corrected chi connectivity index (χ3v) is 3.22. The van der Waals surface area contributed by atoms with Gasteiger partial charge in [-0.05, 0) is 44.2 Å². The lowest BCUT2D eigenvalue weighted by Crippen LogP contribution is -2.57. The molecule has 0 radical (unpaired) electrons. The van der Waals surface area contributed by atoms with Crippen LogP contribution in [0, 0.1) is 5.82 Å². The van der Waals surface area contributed by atoms with Crippen LogP contribution in [0.15, 0.2) is 24.3 Å². The first-order chi connectivity index (χ1) is 9.42. The summed E-state index contributed by atoms with van der Waals surface area (Å²) in [7, 11) is 3.24. The fourth-order valence-electron chi connectivity index (χ4n) is 2.08. The lowest BCUT2D eigenvalue weighted by molar-refractivity contribution is -0.147. The van der Waals surface area contributed by atoms with Crippen molar-refractivity contribution in [3.63, 3.8) is 0 Å². The van der Waals surface area contributed by atoms with E-state index in [0.717, 1.165) is 18.7 Å². The van der Waals surface area contributed by atoms with E-state index in [0.29, 0.717) is 6.54 Å². The minimum Gasteiger partial charge on any atom is -0.468 e. The molecule has 0 aliphatic carbocycles. The van der Waals surface area contributed by atoms with Gasteiger partial charge >= 0.3 is 5.97 Å². The SMILES string of the molecule is CCCNC(C)(CN(C)c1ccc(F)cc1)C(=O)OC. The van der Waals surface area contributed by atoms with Crippen molar-refractivity contribution in [1.82, 2.24) is 5.32 Å². The molecule has 0 saturated heterocycles. The van der Waals surface area contributed by atoms with Gasteiger partial charge in [0.1, 0.15) is 11.4 Å². The Bertz CT molecular complexity index is 436. The van der Waals surface area contributed by atoms with Crippen molar-refractivity contribution < 1.29 is 13.9 Å². The number of anilines is 1. The largest absolute Gasteiger partial charge is 0.468 e. The molecule has 112 valence electrons. The molecule has 1 aromatic rings. The number of hydrogen-bond acceptors (Lipinski definition) is 4. The van der Waals surface area contributed by atoms with Crippen molar-refractivity contribution >= 4 is 11.7 Å². The maximum absolute atomic E-state index is 12.9. The quantitative estimate of drug-likeness (QED) is 0.778. The first-order valence-corrected chi connectivity index (χ1v) is 6.73. The van der Waals surface area contributed by atoms with E-state index in [4.69, 9.17) is 4.74 Å². The predicted molar refractivity (Wildman–Crippen MR) is 78.4 cm³/mol. The van der Waals surface area contributed by atoms with Crippen molar-refractivity contribution in [3.05, 3.63) is 30.1 Å². The van der Waals surface area contributed by atoms with Crippen LogP contribution < -0.4 is 10.2 Å². The molecule has 1 aromatic carbocycles. The molecule has 0 saturated carbocycles. The number of halogens is 1. The van der Waals surface area contributed by atoms with Gasteiger partial charge in [0.2, 0.25) is 0 Å². The number of rotatable bonds is 7. The lowest BCUT2D eigenvalue weighted by Gasteiger charge is -2.33. The molecule has 1 unspecified atom stereocenters. The number of carbonyl (C=O) groups excluding carboxylic acids is 1. The molecule has 0 aliphatic rings. The molecule has 0 aliphatic heterocycles. The van der Waals surface area contributed by atoms with Crippen LogP contribution in [0.4, 0.5) is 10.1 Å². The summed E-state index contributed by atoms with van der Waals surface area (Å²) in [6, 6.07) is 6.18. The summed E-state index contributed by atoms with van der Waals surface area (Å²) in [5.41, 5.74) is 0.0493. The molecule has 0 bridgehead atoms. The zero-order valence-electron chi connectivity index (χ0n) is 12.6. The summed E-state index contributed by atoms with van der Waals surface area (Å²) >= 11 is 0. The number of nitrogens with one attached hydrogen (secondary N) is 1. The molecule has 20 heavy (non-hydrogen) atoms. The summed E-state index contributed by atoms with van der Waals surface area (Å²) in [5, 5.41) is 3.22. The van der Waals surface area contributed by atoms with Gasteiger partial charge in [-0.1, -0.05) is 6.92 Å². The number of methoxy groups -OCH3 is 1. The second kappa shape index (κ2) is 7.24. The standard InChI is InChI=1S/C15H23FN2O2/c1-5-10-17-15(2,14(19)20-4)11-18(3)13-8-6-12(16)7-9-13/h6-9,17H,5,10-11H2,1-4H3. The molecule has 1 N–H and O–H groups in total. The van der Waals surface area contributed by atoms with Gasteiger partial charge in [-0.3, -0.25) is 0 Å². The number of carbonyl (C=O) groups is 1. The Balaban J connectivity index is 2.83. The Morgan fingerprint density at radius 1 is 1.40 bits per heavy atom. The maximum Gasteiger partial charge on any atom is 0.327 e. The molecule has 0 spiro atoms. The van der Waals surface area contributed by atoms with Gasteiger partial charge in [-0.25, -0.2) is 9.18 Å². The third-order valence-electron chi connectivity index (χ3n) is 3.22. The van der Waals surface area contributed by atoms with Gasteiger partial charge in [-0.15, -0.1) is 0 Å². The van der Waals surface area contributed by atoms with Crippen LogP contribution in [-0.2, 0) is 9.53 Å². The zero-order chi connectivity index (χ0) is 15.2. The average molecular weight is 282 g/mol. The first-order valence-electron chi connectivity index (χ1n) is 6.73. The molecule has 0 heterocycles. The topological polar surface area (TPSA) is 41.6 Å². The van der Waals surface area contributed by atoms with Crippen LogP contribution in [0.2, 0.25) is 0 Å². The number of esters is 1. The highest BCUT2D eigenvalue weighted by Gasteiger charge is 2.35. The van der Waals surface area contributed by atoms with Crippen LogP contribution in [0.25, 0.3) is 0 Å². The van der Waals surface area contributed by atoms with Gasteiger partial charge in [0.05, 0.1) is 7.11 Å². The second-order valence-electron chi connectivity index (χ2n) is 5.08. The summed E-state index contributed by atoms with van der Waals surface area (Å²) < 4.78 is 17.8. The molecular formula is C15H23FN2O2. The number of benzene rings is 1. The van der Waals surface area contributed by atoms with Crippen LogP contribution >= 0.6 is 0 Å². The predicted octanol–water partition coefficient (Wildman–Crippen LogP) is 2.19. The molecule has 1 rings (SSSR count). The fourth-order valence-corrected chi connectivity index (χ4v) is 2.08. The van der Waals surface area contributed by atoms with E-state index in [-0.39, 0.29) is 11.8 Å². The Morgan fingerprint density at radius 3 is 2.50 bits per heavy atom. The molecular weight excluding hydrogens is 259 g/mol. The number of nitrogens with zero attached hydrogens (tertiary/aromatic N) is 1. The van der Waals surface area contributed by atoms with Crippen LogP contribution in [-0.4, -0.2) is 38.8 Å². The molecule has 5 heteroatoms. The smallest absolute Gasteiger partial charge is 0.327 e. The van der Waals surface area contributed by atoms with Crippen LogP contribution in [0.3, 0.4) is 0 Å². The Hall–Kier alpha value is -1.62. The summed E-state index contributed by atoms with van der Waals surface area (Å²) in [5.74, 6) is -0.582. The average Bonchev–Trinajstić information content (AvgIpc) is 2.44. The van der Waals surface area contributed by atoms with Crippen LogP contribution in [0.1, 0.15) is 20.3 Å². The maximum atomic E-state index is 12.9. The van der Waals surface area contributed by atoms with Crippen molar-refractivity contribution in [3.8, 4) is 0 Å². The molecule has 1 atom stereocenters. The Kier molecular flexibility index (Phi) is 5.95. The number of ether oxygens (including phenoxy) is 1. The minimum absolute atomic E-state index is 0.276. The molecule has 4 nitrogen and oxygen atoms in total. The highest BCUT2D eigenvalue weighted by Crippen LogP contribution is 2.17. The van der Waals surface area contributed by atoms with E-state index >= 15 is 0 Å². The van der Waals surface area contributed by atoms with E-state index in [2.05, 4.69) is 5.32 Å². The Morgan fingerprint density at radius 2 is 2.00 bits per heavy atom. The van der Waals surface area contributed by atoms with Gasteiger partial charge < -0.3 is 15.0 Å². The number of likely N-dealkylation sites (N-methyl/N-ethyl adjacent to an activating group) is 1. The first kappa shape index (κ1) is 16.4. The Labute approximate surface area is 119 Å². The van der Waals surface area contributed by atoms with E-state index in [1.54, 1.807) is 12.1 Å². The summed E-state index contributed by atoms with van der Waals surface area (Å²) in [6.45, 7) is 5.01. The van der Waals surface area contributed by atoms with Gasteiger partial charge in [0, 0.05) is 19.3 Å². The van der Waals surface area contributed by atoms with E-state index in [9.17, 15) is 9.18 Å². The molecule has 0 fully saturated rings. The van der Waals surface area contributed by atoms with Crippen molar-refractivity contribution in [2.24, 2.45) is 0 Å². The summed E-state index contributed by atoms with van der Waals surface area (Å²) in [4.78, 5) is 13.9. The second-order valence-corrected chi connectivity index (χ2v) is 5.08. The number of hydrogen-bond donors (Lipinski definition) is 1. The fraction of sp³-hybridized carbons (Fsp3) is 0.533. The van der Waals surface area contributed by atoms with Gasteiger partial charge in [0.15, 0.2) is 0 Å². The molecule has 0 amide bonds. The highest BCUT2D eigenvalue weighted by molar-refractivity contribution is 5.81. The van der Waals surface area contributed by atoms with E-state index in [1.165, 1.54) is 19.2 Å². The third kappa shape index (κ3) is 4.20. The van der Waals surface area contributed by atoms with Gasteiger partial charge in [-0.2, -0.15) is 0 Å². The molecule has 0 aromatic heterocycles.